The van der Waals surface area contributed by atoms with Crippen molar-refractivity contribution in [3.63, 3.8) is 0 Å². The second-order valence-corrected chi connectivity index (χ2v) is 6.80. The van der Waals surface area contributed by atoms with E-state index in [0.29, 0.717) is 11.7 Å². The van der Waals surface area contributed by atoms with Crippen molar-refractivity contribution in [1.82, 2.24) is 5.32 Å². The highest BCUT2D eigenvalue weighted by Crippen LogP contribution is 2.12. The number of thiocarbonyl (C=S) groups is 1. The van der Waals surface area contributed by atoms with Crippen molar-refractivity contribution in [3.05, 3.63) is 59.7 Å². The third-order valence-electron chi connectivity index (χ3n) is 4.48. The first-order chi connectivity index (χ1) is 12.7. The van der Waals surface area contributed by atoms with Crippen LogP contribution in [0.5, 0.6) is 5.75 Å². The van der Waals surface area contributed by atoms with E-state index in [1.54, 1.807) is 12.0 Å². The lowest BCUT2D eigenvalue weighted by Crippen LogP contribution is -3.12. The Balaban J connectivity index is 1.44. The summed E-state index contributed by atoms with van der Waals surface area (Å²) in [5.41, 5.74) is 3.49. The SMILES string of the molecule is COc1ccc(CNC(=S)Nc2ccc(C[NH+]3CCOCC3)cc2)cc1. The first-order valence-electron chi connectivity index (χ1n) is 8.91. The van der Waals surface area contributed by atoms with Crippen molar-refractivity contribution in [3.8, 4) is 5.75 Å². The largest absolute Gasteiger partial charge is 0.497 e. The van der Waals surface area contributed by atoms with Crippen LogP contribution in [-0.4, -0.2) is 38.5 Å². The van der Waals surface area contributed by atoms with E-state index in [0.717, 1.165) is 49.8 Å². The van der Waals surface area contributed by atoms with E-state index in [-0.39, 0.29) is 0 Å². The minimum atomic E-state index is 0.618. The topological polar surface area (TPSA) is 47.0 Å². The molecule has 0 radical (unpaired) electrons. The van der Waals surface area contributed by atoms with Gasteiger partial charge in [0.1, 0.15) is 25.4 Å². The van der Waals surface area contributed by atoms with Gasteiger partial charge in [0.2, 0.25) is 0 Å². The summed E-state index contributed by atoms with van der Waals surface area (Å²) in [7, 11) is 1.67. The number of hydrogen-bond donors (Lipinski definition) is 3. The average molecular weight is 373 g/mol. The number of methoxy groups -OCH3 is 1. The molecule has 0 bridgehead atoms. The van der Waals surface area contributed by atoms with Gasteiger partial charge in [-0.25, -0.2) is 0 Å². The quantitative estimate of drug-likeness (QED) is 0.673. The van der Waals surface area contributed by atoms with Gasteiger partial charge < -0.3 is 25.0 Å². The number of ether oxygens (including phenoxy) is 2. The lowest BCUT2D eigenvalue weighted by Gasteiger charge is -2.23. The molecule has 0 aromatic heterocycles. The van der Waals surface area contributed by atoms with Crippen molar-refractivity contribution >= 4 is 23.0 Å². The Morgan fingerprint density at radius 2 is 1.69 bits per heavy atom. The molecule has 0 spiro atoms. The molecular formula is C20H26N3O2S+. The Morgan fingerprint density at radius 3 is 2.35 bits per heavy atom. The Morgan fingerprint density at radius 1 is 1.04 bits per heavy atom. The van der Waals surface area contributed by atoms with E-state index in [1.165, 1.54) is 5.56 Å². The van der Waals surface area contributed by atoms with Crippen LogP contribution in [0.3, 0.4) is 0 Å². The Labute approximate surface area is 160 Å². The zero-order valence-corrected chi connectivity index (χ0v) is 15.9. The number of rotatable bonds is 6. The molecular weight excluding hydrogens is 346 g/mol. The molecule has 2 aromatic carbocycles. The second-order valence-electron chi connectivity index (χ2n) is 6.39. The average Bonchev–Trinajstić information content (AvgIpc) is 2.69. The number of quaternary nitrogens is 1. The van der Waals surface area contributed by atoms with Crippen LogP contribution >= 0.6 is 12.2 Å². The molecule has 1 fully saturated rings. The molecule has 5 nitrogen and oxygen atoms in total. The number of morpholine rings is 1. The zero-order chi connectivity index (χ0) is 18.2. The fourth-order valence-electron chi connectivity index (χ4n) is 2.93. The molecule has 1 saturated heterocycles. The molecule has 0 amide bonds. The van der Waals surface area contributed by atoms with Gasteiger partial charge >= 0.3 is 0 Å². The van der Waals surface area contributed by atoms with E-state index >= 15 is 0 Å². The highest BCUT2D eigenvalue weighted by Gasteiger charge is 2.13. The van der Waals surface area contributed by atoms with Gasteiger partial charge in [-0.2, -0.15) is 0 Å². The first-order valence-corrected chi connectivity index (χ1v) is 9.32. The van der Waals surface area contributed by atoms with Crippen LogP contribution in [0.2, 0.25) is 0 Å². The summed E-state index contributed by atoms with van der Waals surface area (Å²) in [6.07, 6.45) is 0. The molecule has 1 aliphatic rings. The zero-order valence-electron chi connectivity index (χ0n) is 15.1. The molecule has 2 aromatic rings. The fourth-order valence-corrected chi connectivity index (χ4v) is 3.12. The molecule has 3 rings (SSSR count). The van der Waals surface area contributed by atoms with E-state index in [9.17, 15) is 0 Å². The van der Waals surface area contributed by atoms with E-state index < -0.39 is 0 Å². The molecule has 26 heavy (non-hydrogen) atoms. The fraction of sp³-hybridized carbons (Fsp3) is 0.350. The molecule has 3 N–H and O–H groups in total. The standard InChI is InChI=1S/C20H25N3O2S/c1-24-19-8-4-16(5-9-19)14-21-20(26)22-18-6-2-17(3-7-18)15-23-10-12-25-13-11-23/h2-9H,10-15H2,1H3,(H2,21,22,26)/p+1. The van der Waals surface area contributed by atoms with Crippen LogP contribution in [0, 0.1) is 0 Å². The van der Waals surface area contributed by atoms with Gasteiger partial charge in [0, 0.05) is 17.8 Å². The highest BCUT2D eigenvalue weighted by atomic mass is 32.1. The van der Waals surface area contributed by atoms with Gasteiger partial charge in [0.25, 0.3) is 0 Å². The van der Waals surface area contributed by atoms with Crippen LogP contribution < -0.4 is 20.3 Å². The molecule has 6 heteroatoms. The lowest BCUT2D eigenvalue weighted by molar-refractivity contribution is -0.921. The molecule has 0 aliphatic carbocycles. The van der Waals surface area contributed by atoms with Gasteiger partial charge in [0.05, 0.1) is 20.3 Å². The maximum atomic E-state index is 5.41. The molecule has 1 heterocycles. The highest BCUT2D eigenvalue weighted by molar-refractivity contribution is 7.80. The Kier molecular flexibility index (Phi) is 6.82. The Bertz CT molecular complexity index is 698. The summed E-state index contributed by atoms with van der Waals surface area (Å²) in [5.74, 6) is 0.855. The van der Waals surface area contributed by atoms with Gasteiger partial charge in [0.15, 0.2) is 5.11 Å². The van der Waals surface area contributed by atoms with Crippen molar-refractivity contribution in [2.75, 3.05) is 38.7 Å². The number of benzene rings is 2. The molecule has 0 atom stereocenters. The third-order valence-corrected chi connectivity index (χ3v) is 4.72. The van der Waals surface area contributed by atoms with Gasteiger partial charge in [-0.15, -0.1) is 0 Å². The number of anilines is 1. The van der Waals surface area contributed by atoms with Crippen molar-refractivity contribution in [2.24, 2.45) is 0 Å². The monoisotopic (exact) mass is 372 g/mol. The summed E-state index contributed by atoms with van der Waals surface area (Å²) in [6.45, 7) is 5.61. The maximum Gasteiger partial charge on any atom is 0.171 e. The van der Waals surface area contributed by atoms with Gasteiger partial charge in [-0.05, 0) is 42.0 Å². The molecule has 1 aliphatic heterocycles. The van der Waals surface area contributed by atoms with E-state index in [4.69, 9.17) is 21.7 Å². The predicted octanol–water partition coefficient (Wildman–Crippen LogP) is 1.60. The minimum absolute atomic E-state index is 0.618. The predicted molar refractivity (Wildman–Crippen MR) is 108 cm³/mol. The summed E-state index contributed by atoms with van der Waals surface area (Å²) in [6, 6.07) is 16.4. The summed E-state index contributed by atoms with van der Waals surface area (Å²) >= 11 is 5.38. The summed E-state index contributed by atoms with van der Waals surface area (Å²) in [5, 5.41) is 7.08. The number of hydrogen-bond acceptors (Lipinski definition) is 3. The van der Waals surface area contributed by atoms with Gasteiger partial charge in [-0.1, -0.05) is 24.3 Å². The summed E-state index contributed by atoms with van der Waals surface area (Å²) < 4.78 is 10.6. The molecule has 138 valence electrons. The van der Waals surface area contributed by atoms with Crippen LogP contribution in [-0.2, 0) is 17.8 Å². The second kappa shape index (κ2) is 9.52. The van der Waals surface area contributed by atoms with Crippen molar-refractivity contribution in [1.29, 1.82) is 0 Å². The minimum Gasteiger partial charge on any atom is -0.497 e. The van der Waals surface area contributed by atoms with E-state index in [2.05, 4.69) is 34.9 Å². The smallest absolute Gasteiger partial charge is 0.171 e. The Hall–Kier alpha value is -2.15. The van der Waals surface area contributed by atoms with Crippen LogP contribution in [0.1, 0.15) is 11.1 Å². The van der Waals surface area contributed by atoms with Crippen LogP contribution in [0.4, 0.5) is 5.69 Å². The molecule has 0 unspecified atom stereocenters. The van der Waals surface area contributed by atoms with Gasteiger partial charge in [-0.3, -0.25) is 0 Å². The lowest BCUT2D eigenvalue weighted by atomic mass is 10.2. The molecule has 0 saturated carbocycles. The first kappa shape index (κ1) is 18.6. The normalized spacial score (nSPS) is 14.7. The van der Waals surface area contributed by atoms with E-state index in [1.807, 2.05) is 24.3 Å². The van der Waals surface area contributed by atoms with Crippen LogP contribution in [0.25, 0.3) is 0 Å². The van der Waals surface area contributed by atoms with Crippen molar-refractivity contribution < 1.29 is 14.4 Å². The maximum absolute atomic E-state index is 5.41. The van der Waals surface area contributed by atoms with Crippen molar-refractivity contribution in [2.45, 2.75) is 13.1 Å². The summed E-state index contributed by atoms with van der Waals surface area (Å²) in [4.78, 5) is 1.58. The number of nitrogens with one attached hydrogen (secondary N) is 3. The van der Waals surface area contributed by atoms with Crippen LogP contribution in [0.15, 0.2) is 48.5 Å². The third kappa shape index (κ3) is 5.69.